The number of hydrogen-bond donors (Lipinski definition) is 3. The van der Waals surface area contributed by atoms with E-state index >= 15 is 0 Å². The first-order valence-electron chi connectivity index (χ1n) is 6.20. The summed E-state index contributed by atoms with van der Waals surface area (Å²) in [7, 11) is 0. The highest BCUT2D eigenvalue weighted by atomic mass is 35.5. The van der Waals surface area contributed by atoms with Crippen molar-refractivity contribution in [1.82, 2.24) is 0 Å². The van der Waals surface area contributed by atoms with E-state index in [0.717, 1.165) is 0 Å². The molecule has 4 N–H and O–H groups in total. The summed E-state index contributed by atoms with van der Waals surface area (Å²) in [6.07, 6.45) is 0. The number of nitrogens with two attached hydrogens (primary N) is 1. The number of halogens is 1. The number of carbonyl (C=O) groups is 2. The van der Waals surface area contributed by atoms with Gasteiger partial charge in [-0.2, -0.15) is 0 Å². The zero-order valence-electron chi connectivity index (χ0n) is 11.3. The molecule has 0 aliphatic rings. The lowest BCUT2D eigenvalue weighted by atomic mass is 10.1. The van der Waals surface area contributed by atoms with Crippen LogP contribution in [0.1, 0.15) is 17.3 Å². The number of rotatable bonds is 3. The van der Waals surface area contributed by atoms with Crippen molar-refractivity contribution in [3.8, 4) is 0 Å². The van der Waals surface area contributed by atoms with Gasteiger partial charge in [-0.25, -0.2) is 0 Å². The molecule has 0 fully saturated rings. The van der Waals surface area contributed by atoms with Gasteiger partial charge in [0.05, 0.1) is 5.56 Å². The normalized spacial score (nSPS) is 10.0. The standard InChI is InChI=1S/C15H14ClN3O2/c1-9(20)18-11-3-5-12(6-4-11)19-15(21)13-7-2-10(16)8-14(13)17/h2-8H,17H2,1H3,(H,18,20)(H,19,21). The van der Waals surface area contributed by atoms with Crippen molar-refractivity contribution in [3.05, 3.63) is 53.1 Å². The summed E-state index contributed by atoms with van der Waals surface area (Å²) in [6.45, 7) is 1.43. The van der Waals surface area contributed by atoms with Gasteiger partial charge in [-0.1, -0.05) is 11.6 Å². The van der Waals surface area contributed by atoms with Gasteiger partial charge in [0.1, 0.15) is 0 Å². The molecule has 0 bridgehead atoms. The Morgan fingerprint density at radius 1 is 1.00 bits per heavy atom. The fraction of sp³-hybridized carbons (Fsp3) is 0.0667. The minimum absolute atomic E-state index is 0.152. The van der Waals surface area contributed by atoms with Crippen molar-refractivity contribution in [2.75, 3.05) is 16.4 Å². The van der Waals surface area contributed by atoms with Crippen LogP contribution in [0.5, 0.6) is 0 Å². The number of benzene rings is 2. The van der Waals surface area contributed by atoms with Crippen molar-refractivity contribution in [1.29, 1.82) is 0 Å². The Hall–Kier alpha value is -2.53. The van der Waals surface area contributed by atoms with Gasteiger partial charge in [0.15, 0.2) is 0 Å². The van der Waals surface area contributed by atoms with E-state index in [1.165, 1.54) is 13.0 Å². The Kier molecular flexibility index (Phi) is 4.45. The summed E-state index contributed by atoms with van der Waals surface area (Å²) in [4.78, 5) is 23.0. The van der Waals surface area contributed by atoms with Crippen molar-refractivity contribution < 1.29 is 9.59 Å². The first-order chi connectivity index (χ1) is 9.95. The third-order valence-electron chi connectivity index (χ3n) is 2.72. The summed E-state index contributed by atoms with van der Waals surface area (Å²) >= 11 is 5.79. The average molecular weight is 304 g/mol. The number of nitrogen functional groups attached to an aromatic ring is 1. The highest BCUT2D eigenvalue weighted by molar-refractivity contribution is 6.31. The fourth-order valence-electron chi connectivity index (χ4n) is 1.78. The minimum Gasteiger partial charge on any atom is -0.398 e. The van der Waals surface area contributed by atoms with Gasteiger partial charge in [-0.05, 0) is 42.5 Å². The molecule has 0 atom stereocenters. The largest absolute Gasteiger partial charge is 0.398 e. The highest BCUT2D eigenvalue weighted by Crippen LogP contribution is 2.20. The van der Waals surface area contributed by atoms with Crippen LogP contribution >= 0.6 is 11.6 Å². The van der Waals surface area contributed by atoms with Crippen LogP contribution in [-0.4, -0.2) is 11.8 Å². The van der Waals surface area contributed by atoms with Crippen LogP contribution in [0.25, 0.3) is 0 Å². The van der Waals surface area contributed by atoms with Crippen LogP contribution in [0.2, 0.25) is 5.02 Å². The maximum Gasteiger partial charge on any atom is 0.257 e. The molecule has 2 aromatic rings. The predicted octanol–water partition coefficient (Wildman–Crippen LogP) is 3.13. The maximum atomic E-state index is 12.1. The van der Waals surface area contributed by atoms with E-state index in [4.69, 9.17) is 17.3 Å². The van der Waals surface area contributed by atoms with E-state index in [1.807, 2.05) is 0 Å². The van der Waals surface area contributed by atoms with Crippen LogP contribution in [0, 0.1) is 0 Å². The molecule has 0 heterocycles. The molecule has 5 nitrogen and oxygen atoms in total. The molecule has 0 aliphatic carbocycles. The average Bonchev–Trinajstić information content (AvgIpc) is 2.40. The Labute approximate surface area is 127 Å². The van der Waals surface area contributed by atoms with E-state index in [9.17, 15) is 9.59 Å². The lowest BCUT2D eigenvalue weighted by Crippen LogP contribution is -2.14. The monoisotopic (exact) mass is 303 g/mol. The highest BCUT2D eigenvalue weighted by Gasteiger charge is 2.10. The van der Waals surface area contributed by atoms with Gasteiger partial charge >= 0.3 is 0 Å². The van der Waals surface area contributed by atoms with E-state index in [-0.39, 0.29) is 11.8 Å². The number of carbonyl (C=O) groups excluding carboxylic acids is 2. The Morgan fingerprint density at radius 3 is 2.10 bits per heavy atom. The van der Waals surface area contributed by atoms with Crippen molar-refractivity contribution in [2.24, 2.45) is 0 Å². The molecule has 0 spiro atoms. The van der Waals surface area contributed by atoms with Crippen molar-refractivity contribution in [3.63, 3.8) is 0 Å². The third-order valence-corrected chi connectivity index (χ3v) is 2.96. The van der Waals surface area contributed by atoms with Gasteiger partial charge in [-0.3, -0.25) is 9.59 Å². The zero-order valence-corrected chi connectivity index (χ0v) is 12.1. The molecule has 0 unspecified atom stereocenters. The molecule has 0 radical (unpaired) electrons. The van der Waals surface area contributed by atoms with Gasteiger partial charge in [0, 0.05) is 29.0 Å². The smallest absolute Gasteiger partial charge is 0.257 e. The lowest BCUT2D eigenvalue weighted by molar-refractivity contribution is -0.114. The van der Waals surface area contributed by atoms with E-state index in [1.54, 1.807) is 36.4 Å². The molecule has 108 valence electrons. The first kappa shape index (κ1) is 14.9. The fourth-order valence-corrected chi connectivity index (χ4v) is 1.96. The molecule has 2 aromatic carbocycles. The Balaban J connectivity index is 2.10. The summed E-state index contributed by atoms with van der Waals surface area (Å²) in [6, 6.07) is 11.5. The molecule has 0 aromatic heterocycles. The molecule has 2 rings (SSSR count). The van der Waals surface area contributed by atoms with Crippen LogP contribution in [0.15, 0.2) is 42.5 Å². The number of amides is 2. The number of hydrogen-bond acceptors (Lipinski definition) is 3. The molecule has 6 heteroatoms. The SMILES string of the molecule is CC(=O)Nc1ccc(NC(=O)c2ccc(Cl)cc2N)cc1. The van der Waals surface area contributed by atoms with Crippen LogP contribution < -0.4 is 16.4 Å². The van der Waals surface area contributed by atoms with Gasteiger partial charge in [0.25, 0.3) is 5.91 Å². The number of nitrogens with one attached hydrogen (secondary N) is 2. The maximum absolute atomic E-state index is 12.1. The minimum atomic E-state index is -0.323. The van der Waals surface area contributed by atoms with E-state index in [2.05, 4.69) is 10.6 Å². The summed E-state index contributed by atoms with van der Waals surface area (Å²) in [5.74, 6) is -0.475. The molecule has 0 saturated carbocycles. The second kappa shape index (κ2) is 6.28. The summed E-state index contributed by atoms with van der Waals surface area (Å²) in [5, 5.41) is 5.85. The summed E-state index contributed by atoms with van der Waals surface area (Å²) < 4.78 is 0. The molecule has 0 aliphatic heterocycles. The quantitative estimate of drug-likeness (QED) is 0.762. The Morgan fingerprint density at radius 2 is 1.57 bits per heavy atom. The number of anilines is 3. The predicted molar refractivity (Wildman–Crippen MR) is 84.6 cm³/mol. The van der Waals surface area contributed by atoms with Gasteiger partial charge in [0.2, 0.25) is 5.91 Å². The molecule has 0 saturated heterocycles. The second-order valence-electron chi connectivity index (χ2n) is 4.44. The molecule has 21 heavy (non-hydrogen) atoms. The van der Waals surface area contributed by atoms with E-state index < -0.39 is 0 Å². The van der Waals surface area contributed by atoms with Crippen LogP contribution in [0.3, 0.4) is 0 Å². The van der Waals surface area contributed by atoms with Gasteiger partial charge in [-0.15, -0.1) is 0 Å². The first-order valence-corrected chi connectivity index (χ1v) is 6.57. The lowest BCUT2D eigenvalue weighted by Gasteiger charge is -2.09. The third kappa shape index (κ3) is 3.97. The van der Waals surface area contributed by atoms with Crippen LogP contribution in [0.4, 0.5) is 17.1 Å². The molecule has 2 amide bonds. The zero-order chi connectivity index (χ0) is 15.4. The topological polar surface area (TPSA) is 84.2 Å². The second-order valence-corrected chi connectivity index (χ2v) is 4.88. The summed E-state index contributed by atoms with van der Waals surface area (Å²) in [5.41, 5.74) is 7.69. The van der Waals surface area contributed by atoms with Crippen molar-refractivity contribution in [2.45, 2.75) is 6.92 Å². The Bertz CT molecular complexity index is 684. The van der Waals surface area contributed by atoms with Crippen LogP contribution in [-0.2, 0) is 4.79 Å². The molecular formula is C15H14ClN3O2. The molecular weight excluding hydrogens is 290 g/mol. The van der Waals surface area contributed by atoms with E-state index in [0.29, 0.717) is 27.6 Å². The van der Waals surface area contributed by atoms with Crippen molar-refractivity contribution >= 4 is 40.5 Å². The van der Waals surface area contributed by atoms with Gasteiger partial charge < -0.3 is 16.4 Å².